The van der Waals surface area contributed by atoms with Crippen molar-refractivity contribution in [2.24, 2.45) is 26.6 Å². The Bertz CT molecular complexity index is 605. The van der Waals surface area contributed by atoms with Gasteiger partial charge in [-0.1, -0.05) is 19.3 Å². The highest BCUT2D eigenvalue weighted by atomic mass is 15.3. The number of rotatable bonds is 1. The normalized spacial score (nSPS) is 33.4. The van der Waals surface area contributed by atoms with Crippen LogP contribution >= 0.6 is 0 Å². The summed E-state index contributed by atoms with van der Waals surface area (Å²) in [5.41, 5.74) is 4.36. The minimum absolute atomic E-state index is 0.472. The van der Waals surface area contributed by atoms with Gasteiger partial charge in [0.2, 0.25) is 0 Å². The Morgan fingerprint density at radius 3 is 2.84 bits per heavy atom. The molecule has 0 bridgehead atoms. The van der Waals surface area contributed by atoms with Crippen LogP contribution in [0.4, 0.5) is 0 Å². The van der Waals surface area contributed by atoms with Crippen LogP contribution in [0.15, 0.2) is 15.2 Å². The predicted octanol–water partition coefficient (Wildman–Crippen LogP) is 2.80. The van der Waals surface area contributed by atoms with Crippen LogP contribution in [0, 0.1) is 11.3 Å². The van der Waals surface area contributed by atoms with Crippen LogP contribution < -0.4 is 0 Å². The van der Waals surface area contributed by atoms with Gasteiger partial charge < -0.3 is 0 Å². The lowest BCUT2D eigenvalue weighted by molar-refractivity contribution is 0.295. The maximum absolute atomic E-state index is 4.61. The van der Waals surface area contributed by atoms with Crippen molar-refractivity contribution in [1.29, 1.82) is 0 Å². The first-order valence-corrected chi connectivity index (χ1v) is 7.40. The molecule has 2 fully saturated rings. The van der Waals surface area contributed by atoms with Crippen LogP contribution in [-0.4, -0.2) is 22.7 Å². The fourth-order valence-electron chi connectivity index (χ4n) is 4.86. The number of fused-ring (bicyclic) bond motifs is 5. The van der Waals surface area contributed by atoms with Gasteiger partial charge in [0.25, 0.3) is 0 Å². The third-order valence-corrected chi connectivity index (χ3v) is 5.73. The Hall–Kier alpha value is -1.52. The minimum Gasteiger partial charge on any atom is -0.274 e. The second kappa shape index (κ2) is 3.32. The highest BCUT2D eigenvalue weighted by Gasteiger charge is 2.68. The Balaban J connectivity index is 1.52. The maximum Gasteiger partial charge on any atom is 0.197 e. The highest BCUT2D eigenvalue weighted by molar-refractivity contribution is 5.99. The van der Waals surface area contributed by atoms with Gasteiger partial charge in [0.15, 0.2) is 12.5 Å². The summed E-state index contributed by atoms with van der Waals surface area (Å²) < 4.78 is 0. The number of aliphatic imine (C=N–C) groups is 1. The summed E-state index contributed by atoms with van der Waals surface area (Å²) in [7, 11) is 0. The number of nitrogens with zero attached hydrogens (tertiary/aromatic N) is 4. The molecule has 0 amide bonds. The second-order valence-electron chi connectivity index (χ2n) is 6.41. The van der Waals surface area contributed by atoms with Crippen molar-refractivity contribution in [3.8, 4) is 0 Å². The smallest absolute Gasteiger partial charge is 0.197 e. The topological polar surface area (TPSA) is 65.8 Å². The molecule has 19 heavy (non-hydrogen) atoms. The van der Waals surface area contributed by atoms with E-state index in [2.05, 4.69) is 25.4 Å². The molecule has 1 spiro atoms. The summed E-state index contributed by atoms with van der Waals surface area (Å²) in [6.07, 6.45) is 8.29. The number of amidine groups is 1. The van der Waals surface area contributed by atoms with Crippen molar-refractivity contribution in [3.63, 3.8) is 0 Å². The molecule has 1 aromatic rings. The van der Waals surface area contributed by atoms with E-state index in [4.69, 9.17) is 0 Å². The molecular weight excluding hydrogens is 238 g/mol. The fraction of sp³-hybridized carbons (Fsp3) is 0.714. The van der Waals surface area contributed by atoms with Gasteiger partial charge in [0.05, 0.1) is 5.69 Å². The molecule has 0 radical (unpaired) electrons. The van der Waals surface area contributed by atoms with Gasteiger partial charge in [-0.2, -0.15) is 10.2 Å². The molecule has 1 aliphatic heterocycles. The molecule has 2 heterocycles. The molecule has 0 saturated heterocycles. The van der Waals surface area contributed by atoms with Crippen molar-refractivity contribution < 1.29 is 0 Å². The van der Waals surface area contributed by atoms with Crippen LogP contribution in [0.2, 0.25) is 0 Å². The Labute approximate surface area is 111 Å². The lowest BCUT2D eigenvalue weighted by atomic mass is 9.80. The van der Waals surface area contributed by atoms with E-state index in [1.165, 1.54) is 49.8 Å². The average molecular weight is 255 g/mol. The van der Waals surface area contributed by atoms with Crippen molar-refractivity contribution in [2.45, 2.75) is 44.4 Å². The quantitative estimate of drug-likeness (QED) is 0.823. The minimum atomic E-state index is 0.472. The van der Waals surface area contributed by atoms with E-state index in [0.717, 1.165) is 23.4 Å². The number of azo groups is 1. The average Bonchev–Trinajstić information content (AvgIpc) is 2.97. The summed E-state index contributed by atoms with van der Waals surface area (Å²) in [5.74, 6) is 2.34. The molecule has 3 aliphatic carbocycles. The van der Waals surface area contributed by atoms with E-state index < -0.39 is 0 Å². The Morgan fingerprint density at radius 1 is 1.16 bits per heavy atom. The molecule has 98 valence electrons. The first kappa shape index (κ1) is 10.3. The SMILES string of the molecule is C1CCC2(CC1)C1Cc3c(n[nH]c3C3=NCN=N3)C12. The summed E-state index contributed by atoms with van der Waals surface area (Å²) in [4.78, 5) is 4.31. The fourth-order valence-corrected chi connectivity index (χ4v) is 4.86. The number of aromatic nitrogens is 2. The molecule has 5 heteroatoms. The van der Waals surface area contributed by atoms with Crippen molar-refractivity contribution in [3.05, 3.63) is 17.0 Å². The van der Waals surface area contributed by atoms with E-state index in [1.807, 2.05) is 0 Å². The first-order chi connectivity index (χ1) is 9.40. The standard InChI is InChI=1S/C14H17N5/c1-2-4-14(5-3-1)9-6-8-11(10(9)14)17-18-12(8)13-15-7-16-19-13/h9-10H,1-7H2,(H,17,18). The van der Waals surface area contributed by atoms with E-state index in [1.54, 1.807) is 0 Å². The van der Waals surface area contributed by atoms with Gasteiger partial charge in [0, 0.05) is 11.5 Å². The van der Waals surface area contributed by atoms with Crippen molar-refractivity contribution in [2.75, 3.05) is 6.67 Å². The van der Waals surface area contributed by atoms with Gasteiger partial charge >= 0.3 is 0 Å². The van der Waals surface area contributed by atoms with Crippen LogP contribution in [0.1, 0.15) is 55.0 Å². The van der Waals surface area contributed by atoms with Gasteiger partial charge in [-0.05, 0) is 30.6 Å². The first-order valence-electron chi connectivity index (χ1n) is 7.40. The van der Waals surface area contributed by atoms with Crippen molar-refractivity contribution >= 4 is 5.84 Å². The molecule has 2 saturated carbocycles. The maximum atomic E-state index is 4.61. The molecular formula is C14H17N5. The number of hydrogen-bond donors (Lipinski definition) is 1. The zero-order valence-electron chi connectivity index (χ0n) is 10.9. The highest BCUT2D eigenvalue weighted by Crippen LogP contribution is 2.75. The molecule has 5 rings (SSSR count). The number of hydrogen-bond acceptors (Lipinski definition) is 4. The van der Waals surface area contributed by atoms with Gasteiger partial charge in [-0.3, -0.25) is 5.10 Å². The Morgan fingerprint density at radius 2 is 2.05 bits per heavy atom. The number of H-pyrrole nitrogens is 1. The van der Waals surface area contributed by atoms with Gasteiger partial charge in [-0.25, -0.2) is 4.99 Å². The number of nitrogens with one attached hydrogen (secondary N) is 1. The van der Waals surface area contributed by atoms with E-state index in [-0.39, 0.29) is 0 Å². The van der Waals surface area contributed by atoms with E-state index >= 15 is 0 Å². The summed E-state index contributed by atoms with van der Waals surface area (Å²) >= 11 is 0. The molecule has 1 N–H and O–H groups in total. The molecule has 2 atom stereocenters. The monoisotopic (exact) mass is 255 g/mol. The largest absolute Gasteiger partial charge is 0.274 e. The third kappa shape index (κ3) is 1.16. The van der Waals surface area contributed by atoms with Crippen LogP contribution in [0.25, 0.3) is 0 Å². The van der Waals surface area contributed by atoms with Crippen LogP contribution in [0.5, 0.6) is 0 Å². The molecule has 1 aromatic heterocycles. The van der Waals surface area contributed by atoms with Crippen molar-refractivity contribution in [1.82, 2.24) is 10.2 Å². The lowest BCUT2D eigenvalue weighted by Crippen LogP contribution is -2.14. The Kier molecular flexibility index (Phi) is 1.80. The molecule has 2 unspecified atom stereocenters. The molecule has 0 aromatic carbocycles. The summed E-state index contributed by atoms with van der Waals surface area (Å²) in [5, 5.41) is 15.8. The molecule has 4 aliphatic rings. The second-order valence-corrected chi connectivity index (χ2v) is 6.41. The number of aromatic amines is 1. The third-order valence-electron chi connectivity index (χ3n) is 5.73. The molecule has 5 nitrogen and oxygen atoms in total. The summed E-state index contributed by atoms with van der Waals surface area (Å²) in [6.45, 7) is 0.472. The van der Waals surface area contributed by atoms with Gasteiger partial charge in [-0.15, -0.1) is 5.11 Å². The summed E-state index contributed by atoms with van der Waals surface area (Å²) in [6, 6.07) is 0. The van der Waals surface area contributed by atoms with E-state index in [0.29, 0.717) is 12.1 Å². The van der Waals surface area contributed by atoms with Gasteiger partial charge in [0.1, 0.15) is 5.69 Å². The van der Waals surface area contributed by atoms with Crippen LogP contribution in [0.3, 0.4) is 0 Å². The zero-order valence-corrected chi connectivity index (χ0v) is 10.9. The predicted molar refractivity (Wildman–Crippen MR) is 70.3 cm³/mol. The zero-order chi connectivity index (χ0) is 12.4. The lowest BCUT2D eigenvalue weighted by Gasteiger charge is -2.25. The van der Waals surface area contributed by atoms with Crippen LogP contribution in [-0.2, 0) is 6.42 Å². The van der Waals surface area contributed by atoms with E-state index in [9.17, 15) is 0 Å².